The first-order valence-corrected chi connectivity index (χ1v) is 6.18. The molecule has 0 aliphatic carbocycles. The van der Waals surface area contributed by atoms with E-state index in [9.17, 15) is 0 Å². The van der Waals surface area contributed by atoms with E-state index in [0.29, 0.717) is 5.56 Å². The molecule has 0 radical (unpaired) electrons. The Labute approximate surface area is 102 Å². The van der Waals surface area contributed by atoms with Crippen molar-refractivity contribution in [2.45, 2.75) is 0 Å². The lowest BCUT2D eigenvalue weighted by atomic mass is 10.2. The van der Waals surface area contributed by atoms with Gasteiger partial charge >= 0.3 is 0 Å². The van der Waals surface area contributed by atoms with E-state index in [2.05, 4.69) is 50.7 Å². The molecule has 0 aliphatic rings. The van der Waals surface area contributed by atoms with Gasteiger partial charge in [0.15, 0.2) is 0 Å². The molecule has 0 bridgehead atoms. The van der Waals surface area contributed by atoms with Gasteiger partial charge in [0.2, 0.25) is 0 Å². The lowest BCUT2D eigenvalue weighted by Gasteiger charge is -1.93. The Morgan fingerprint density at radius 2 is 2.15 bits per heavy atom. The fraction of sp³-hybridized carbons (Fsp3) is 0. The van der Waals surface area contributed by atoms with Gasteiger partial charge in [0.05, 0.1) is 14.5 Å². The zero-order valence-corrected chi connectivity index (χ0v) is 10.9. The molecule has 0 unspecified atom stereocenters. The smallest absolute Gasteiger partial charge is 0.0992 e. The van der Waals surface area contributed by atoms with Crippen LogP contribution in [0.15, 0.2) is 22.7 Å². The highest BCUT2D eigenvalue weighted by atomic mass is 127. The molecule has 1 nitrogen and oxygen atoms in total. The first-order valence-electron chi connectivity index (χ1n) is 3.49. The van der Waals surface area contributed by atoms with Gasteiger partial charge in [0.1, 0.15) is 0 Å². The fourth-order valence-electron chi connectivity index (χ4n) is 1.14. The summed E-state index contributed by atoms with van der Waals surface area (Å²) in [7, 11) is 0. The van der Waals surface area contributed by atoms with Crippen molar-refractivity contribution in [1.29, 1.82) is 5.26 Å². The number of rotatable bonds is 0. The summed E-state index contributed by atoms with van der Waals surface area (Å²) in [6, 6.07) is 8.00. The highest BCUT2D eigenvalue weighted by molar-refractivity contribution is 14.1. The molecule has 0 fully saturated rings. The molecule has 0 spiro atoms. The van der Waals surface area contributed by atoms with Crippen LogP contribution in [0, 0.1) is 14.2 Å². The van der Waals surface area contributed by atoms with Crippen LogP contribution >= 0.6 is 49.9 Å². The summed E-state index contributed by atoms with van der Waals surface area (Å²) in [6.45, 7) is 0. The Morgan fingerprint density at radius 3 is 2.85 bits per heavy atom. The van der Waals surface area contributed by atoms with Crippen LogP contribution in [0.2, 0.25) is 0 Å². The molecule has 0 atom stereocenters. The second-order valence-electron chi connectivity index (χ2n) is 2.54. The maximum absolute atomic E-state index is 8.76. The van der Waals surface area contributed by atoms with Gasteiger partial charge in [-0.2, -0.15) is 5.26 Å². The molecule has 2 rings (SSSR count). The van der Waals surface area contributed by atoms with Crippen LogP contribution in [0.5, 0.6) is 0 Å². The van der Waals surface area contributed by atoms with Crippen molar-refractivity contribution in [1.82, 2.24) is 0 Å². The molecule has 1 heterocycles. The van der Waals surface area contributed by atoms with Gasteiger partial charge in [-0.15, -0.1) is 11.3 Å². The number of nitrogens with zero attached hydrogens (tertiary/aromatic N) is 1. The molecule has 64 valence electrons. The Balaban J connectivity index is 2.85. The maximum atomic E-state index is 8.76. The van der Waals surface area contributed by atoms with Crippen LogP contribution in [0.3, 0.4) is 0 Å². The largest absolute Gasteiger partial charge is 0.192 e. The van der Waals surface area contributed by atoms with Crippen molar-refractivity contribution in [3.8, 4) is 6.07 Å². The minimum Gasteiger partial charge on any atom is -0.192 e. The van der Waals surface area contributed by atoms with E-state index in [0.717, 1.165) is 9.86 Å². The number of hydrogen-bond acceptors (Lipinski definition) is 2. The van der Waals surface area contributed by atoms with Gasteiger partial charge in [-0.25, -0.2) is 0 Å². The van der Waals surface area contributed by atoms with Gasteiger partial charge < -0.3 is 0 Å². The molecule has 4 heteroatoms. The summed E-state index contributed by atoms with van der Waals surface area (Å²) >= 11 is 7.47. The van der Waals surface area contributed by atoms with Crippen LogP contribution in [0.1, 0.15) is 5.56 Å². The SMILES string of the molecule is N#Cc1cc(Br)c2sc(I)cc2c1. The molecule has 0 amide bonds. The summed E-state index contributed by atoms with van der Waals surface area (Å²) in [6.07, 6.45) is 0. The molecule has 0 saturated heterocycles. The van der Waals surface area contributed by atoms with Crippen molar-refractivity contribution in [2.24, 2.45) is 0 Å². The Morgan fingerprint density at radius 1 is 1.38 bits per heavy atom. The van der Waals surface area contributed by atoms with Crippen LogP contribution in [-0.2, 0) is 0 Å². The standard InChI is InChI=1S/C9H3BrINS/c10-7-2-5(4-12)1-6-3-8(11)13-9(6)7/h1-3H. The second kappa shape index (κ2) is 3.56. The molecule has 13 heavy (non-hydrogen) atoms. The highest BCUT2D eigenvalue weighted by Gasteiger charge is 2.05. The number of thiophene rings is 1. The van der Waals surface area contributed by atoms with Crippen LogP contribution in [0.4, 0.5) is 0 Å². The third kappa shape index (κ3) is 1.73. The fourth-order valence-corrected chi connectivity index (χ4v) is 3.63. The van der Waals surface area contributed by atoms with E-state index < -0.39 is 0 Å². The predicted octanol–water partition coefficient (Wildman–Crippen LogP) is 4.14. The lowest BCUT2D eigenvalue weighted by molar-refractivity contribution is 1.49. The lowest BCUT2D eigenvalue weighted by Crippen LogP contribution is -1.73. The monoisotopic (exact) mass is 363 g/mol. The number of nitriles is 1. The van der Waals surface area contributed by atoms with Gasteiger partial charge in [-0.3, -0.25) is 0 Å². The van der Waals surface area contributed by atoms with Crippen molar-refractivity contribution in [3.05, 3.63) is 31.1 Å². The van der Waals surface area contributed by atoms with E-state index in [-0.39, 0.29) is 0 Å². The maximum Gasteiger partial charge on any atom is 0.0992 e. The van der Waals surface area contributed by atoms with Crippen molar-refractivity contribution in [2.75, 3.05) is 0 Å². The minimum atomic E-state index is 0.702. The van der Waals surface area contributed by atoms with Crippen molar-refractivity contribution >= 4 is 59.9 Å². The average Bonchev–Trinajstić information content (AvgIpc) is 2.46. The van der Waals surface area contributed by atoms with Crippen LogP contribution in [-0.4, -0.2) is 0 Å². The van der Waals surface area contributed by atoms with Crippen molar-refractivity contribution in [3.63, 3.8) is 0 Å². The third-order valence-corrected chi connectivity index (χ3v) is 4.50. The summed E-state index contributed by atoms with van der Waals surface area (Å²) in [5.41, 5.74) is 0.702. The zero-order chi connectivity index (χ0) is 9.42. The topological polar surface area (TPSA) is 23.8 Å². The summed E-state index contributed by atoms with van der Waals surface area (Å²) < 4.78 is 3.46. The number of fused-ring (bicyclic) bond motifs is 1. The molecule has 1 aromatic carbocycles. The van der Waals surface area contributed by atoms with E-state index in [1.165, 1.54) is 7.58 Å². The van der Waals surface area contributed by atoms with Crippen LogP contribution < -0.4 is 0 Å². The molecule has 1 aromatic heterocycles. The molecular weight excluding hydrogens is 361 g/mol. The first kappa shape index (κ1) is 9.44. The summed E-state index contributed by atoms with van der Waals surface area (Å²) in [5, 5.41) is 9.90. The molecule has 2 aromatic rings. The third-order valence-electron chi connectivity index (χ3n) is 1.67. The second-order valence-corrected chi connectivity index (χ2v) is 6.34. The van der Waals surface area contributed by atoms with E-state index in [1.807, 2.05) is 12.1 Å². The van der Waals surface area contributed by atoms with Gasteiger partial charge in [-0.1, -0.05) is 0 Å². The van der Waals surface area contributed by atoms with Crippen LogP contribution in [0.25, 0.3) is 10.1 Å². The van der Waals surface area contributed by atoms with E-state index in [1.54, 1.807) is 11.3 Å². The minimum absolute atomic E-state index is 0.702. The molecule has 0 N–H and O–H groups in total. The molecule has 0 aliphatic heterocycles. The highest BCUT2D eigenvalue weighted by Crippen LogP contribution is 2.33. The molecule has 0 saturated carbocycles. The quantitative estimate of drug-likeness (QED) is 0.645. The van der Waals surface area contributed by atoms with Gasteiger partial charge in [-0.05, 0) is 62.1 Å². The predicted molar refractivity (Wildman–Crippen MR) is 67.0 cm³/mol. The summed E-state index contributed by atoms with van der Waals surface area (Å²) in [5.74, 6) is 0. The zero-order valence-electron chi connectivity index (χ0n) is 6.34. The molecular formula is C9H3BrINS. The summed E-state index contributed by atoms with van der Waals surface area (Å²) in [4.78, 5) is 0. The Hall–Kier alpha value is -0.120. The van der Waals surface area contributed by atoms with E-state index in [4.69, 9.17) is 5.26 Å². The number of benzene rings is 1. The average molecular weight is 364 g/mol. The number of hydrogen-bond donors (Lipinski definition) is 0. The normalized spacial score (nSPS) is 10.2. The van der Waals surface area contributed by atoms with Gasteiger partial charge in [0, 0.05) is 9.17 Å². The first-order chi connectivity index (χ1) is 6.20. The van der Waals surface area contributed by atoms with Gasteiger partial charge in [0.25, 0.3) is 0 Å². The Bertz CT molecular complexity index is 512. The van der Waals surface area contributed by atoms with E-state index >= 15 is 0 Å². The Kier molecular flexibility index (Phi) is 2.58. The van der Waals surface area contributed by atoms with Crippen molar-refractivity contribution < 1.29 is 0 Å². The number of halogens is 2.